The van der Waals surface area contributed by atoms with Crippen LogP contribution in [0.15, 0.2) is 0 Å². The number of unbranched alkanes of at least 4 members (excludes halogenated alkanes) is 4. The highest BCUT2D eigenvalue weighted by Crippen LogP contribution is 2.29. The number of nitrogens with two attached hydrogens (primary N) is 1. The third-order valence-electron chi connectivity index (χ3n) is 8.60. The monoisotopic (exact) mass is 705 g/mol. The second-order valence-electron chi connectivity index (χ2n) is 13.4. The van der Waals surface area contributed by atoms with Gasteiger partial charge in [-0.1, -0.05) is 65.7 Å². The molecule has 9 atom stereocenters. The van der Waals surface area contributed by atoms with Crippen LogP contribution in [0.1, 0.15) is 124 Å². The van der Waals surface area contributed by atoms with E-state index in [1.165, 1.54) is 0 Å². The molecular formula is C34H59NO14. The molecular weight excluding hydrogens is 646 g/mol. The Labute approximate surface area is 288 Å². The molecule has 0 radical (unpaired) electrons. The molecule has 0 heterocycles. The first-order valence-electron chi connectivity index (χ1n) is 17.3. The van der Waals surface area contributed by atoms with Crippen LogP contribution in [-0.4, -0.2) is 96.9 Å². The molecule has 0 fully saturated rings. The third kappa shape index (κ3) is 21.4. The number of carboxylic acid groups (broad SMARTS) is 4. The number of ether oxygens (including phenoxy) is 2. The van der Waals surface area contributed by atoms with Crippen molar-refractivity contribution in [2.45, 2.75) is 154 Å². The molecule has 0 aliphatic rings. The van der Waals surface area contributed by atoms with Gasteiger partial charge in [0.15, 0.2) is 0 Å². The number of rotatable bonds is 29. The van der Waals surface area contributed by atoms with E-state index in [-0.39, 0.29) is 18.8 Å². The summed E-state index contributed by atoms with van der Waals surface area (Å²) in [7, 11) is 0. The summed E-state index contributed by atoms with van der Waals surface area (Å²) in [5.74, 6) is -11.3. The molecule has 0 aromatic carbocycles. The Kier molecular flexibility index (Phi) is 23.1. The summed E-state index contributed by atoms with van der Waals surface area (Å²) < 4.78 is 11.5. The van der Waals surface area contributed by atoms with E-state index in [9.17, 15) is 49.2 Å². The number of aliphatic hydroxyl groups excluding tert-OH is 2. The average Bonchev–Trinajstić information content (AvgIpc) is 2.98. The van der Waals surface area contributed by atoms with Gasteiger partial charge in [0.1, 0.15) is 12.2 Å². The molecule has 0 spiro atoms. The molecule has 15 nitrogen and oxygen atoms in total. The van der Waals surface area contributed by atoms with Gasteiger partial charge in [0.25, 0.3) is 0 Å². The molecule has 284 valence electrons. The summed E-state index contributed by atoms with van der Waals surface area (Å²) in [6.45, 7) is 7.31. The number of aliphatic carboxylic acids is 4. The molecule has 15 heteroatoms. The maximum Gasteiger partial charge on any atom is 0.307 e. The second-order valence-corrected chi connectivity index (χ2v) is 13.4. The van der Waals surface area contributed by atoms with Crippen LogP contribution >= 0.6 is 0 Å². The van der Waals surface area contributed by atoms with Crippen molar-refractivity contribution in [2.75, 3.05) is 0 Å². The van der Waals surface area contributed by atoms with Gasteiger partial charge in [-0.25, -0.2) is 0 Å². The molecule has 0 aliphatic heterocycles. The molecule has 0 saturated heterocycles. The molecule has 0 aromatic rings. The van der Waals surface area contributed by atoms with Crippen molar-refractivity contribution in [1.82, 2.24) is 0 Å². The largest absolute Gasteiger partial charge is 0.481 e. The molecule has 8 N–H and O–H groups in total. The average molecular weight is 706 g/mol. The smallest absolute Gasteiger partial charge is 0.307 e. The fourth-order valence-electron chi connectivity index (χ4n) is 5.58. The zero-order valence-electron chi connectivity index (χ0n) is 29.3. The topological polar surface area (TPSA) is 268 Å². The lowest BCUT2D eigenvalue weighted by Crippen LogP contribution is -2.42. The lowest BCUT2D eigenvalue weighted by molar-refractivity contribution is -0.177. The molecule has 0 saturated carbocycles. The Morgan fingerprint density at radius 2 is 1.12 bits per heavy atom. The summed E-state index contributed by atoms with van der Waals surface area (Å²) in [6, 6.07) is -0.432. The minimum atomic E-state index is -1.55. The standard InChI is InChI=1S/C34H59NO14/c1-5-6-12-21(3)32(49-31(43)18-24(34(46)47)16-29(40)41)27(48-30(42)17-23(33(44)45)15-28(38)39)14-20(2)11-9-7-8-10-13-25(36)19-26(37)22(4)35/h20-27,32,36-37H,5-19,35H2,1-4H3,(H,38,39)(H,40,41)(H,44,45)(H,46,47). The molecule has 0 aromatic heterocycles. The van der Waals surface area contributed by atoms with Crippen molar-refractivity contribution in [3.8, 4) is 0 Å². The van der Waals surface area contributed by atoms with Gasteiger partial charge in [0.05, 0.1) is 49.7 Å². The van der Waals surface area contributed by atoms with Crippen molar-refractivity contribution >= 4 is 35.8 Å². The summed E-state index contributed by atoms with van der Waals surface area (Å²) in [4.78, 5) is 71.6. The highest BCUT2D eigenvalue weighted by molar-refractivity contribution is 5.83. The van der Waals surface area contributed by atoms with E-state index in [1.807, 2.05) is 13.8 Å². The third-order valence-corrected chi connectivity index (χ3v) is 8.60. The lowest BCUT2D eigenvalue weighted by atomic mass is 9.87. The zero-order valence-corrected chi connectivity index (χ0v) is 29.3. The van der Waals surface area contributed by atoms with Crippen molar-refractivity contribution in [3.05, 3.63) is 0 Å². The van der Waals surface area contributed by atoms with E-state index in [0.717, 1.165) is 38.5 Å². The normalized spacial score (nSPS) is 17.0. The van der Waals surface area contributed by atoms with Gasteiger partial charge >= 0.3 is 35.8 Å². The van der Waals surface area contributed by atoms with Gasteiger partial charge in [-0.3, -0.25) is 28.8 Å². The van der Waals surface area contributed by atoms with Gasteiger partial charge < -0.3 is 45.8 Å². The quantitative estimate of drug-likeness (QED) is 0.0433. The van der Waals surface area contributed by atoms with Crippen LogP contribution in [0.5, 0.6) is 0 Å². The molecule has 49 heavy (non-hydrogen) atoms. The first-order valence-corrected chi connectivity index (χ1v) is 17.3. The van der Waals surface area contributed by atoms with E-state index in [0.29, 0.717) is 19.3 Å². The number of carboxylic acids is 4. The fraction of sp³-hybridized carbons (Fsp3) is 0.824. The summed E-state index contributed by atoms with van der Waals surface area (Å²) in [6.07, 6.45) is 0.203. The minimum Gasteiger partial charge on any atom is -0.481 e. The Morgan fingerprint density at radius 1 is 0.633 bits per heavy atom. The van der Waals surface area contributed by atoms with Crippen molar-refractivity contribution in [3.63, 3.8) is 0 Å². The molecule has 0 amide bonds. The maximum absolute atomic E-state index is 13.0. The van der Waals surface area contributed by atoms with Crippen molar-refractivity contribution in [1.29, 1.82) is 0 Å². The number of carbonyl (C=O) groups is 6. The number of hydrogen-bond donors (Lipinski definition) is 7. The maximum atomic E-state index is 13.0. The minimum absolute atomic E-state index is 0.0859. The predicted octanol–water partition coefficient (Wildman–Crippen LogP) is 3.59. The molecule has 0 aliphatic carbocycles. The second kappa shape index (κ2) is 24.8. The highest BCUT2D eigenvalue weighted by Gasteiger charge is 2.37. The summed E-state index contributed by atoms with van der Waals surface area (Å²) in [5, 5.41) is 57.0. The van der Waals surface area contributed by atoms with Crippen molar-refractivity contribution < 1.29 is 68.9 Å². The van der Waals surface area contributed by atoms with Crippen LogP contribution in [0, 0.1) is 23.7 Å². The fourth-order valence-corrected chi connectivity index (χ4v) is 5.58. The number of aliphatic hydroxyl groups is 2. The lowest BCUT2D eigenvalue weighted by Gasteiger charge is -2.33. The predicted molar refractivity (Wildman–Crippen MR) is 176 cm³/mol. The number of carbonyl (C=O) groups excluding carboxylic acids is 2. The van der Waals surface area contributed by atoms with Crippen LogP contribution in [0.3, 0.4) is 0 Å². The van der Waals surface area contributed by atoms with Crippen LogP contribution in [0.2, 0.25) is 0 Å². The zero-order chi connectivity index (χ0) is 37.7. The Morgan fingerprint density at radius 3 is 1.57 bits per heavy atom. The van der Waals surface area contributed by atoms with Crippen LogP contribution in [-0.2, 0) is 38.2 Å². The Hall–Kier alpha value is -3.30. The number of esters is 2. The van der Waals surface area contributed by atoms with Crippen LogP contribution < -0.4 is 5.73 Å². The molecule has 9 unspecified atom stereocenters. The Bertz CT molecular complexity index is 1030. The first kappa shape index (κ1) is 45.7. The number of hydrogen-bond acceptors (Lipinski definition) is 11. The van der Waals surface area contributed by atoms with Gasteiger partial charge in [-0.2, -0.15) is 0 Å². The van der Waals surface area contributed by atoms with E-state index < -0.39 is 110 Å². The molecule has 0 bridgehead atoms. The Balaban J connectivity index is 5.84. The van der Waals surface area contributed by atoms with Gasteiger partial charge in [-0.15, -0.1) is 0 Å². The van der Waals surface area contributed by atoms with Crippen LogP contribution in [0.4, 0.5) is 0 Å². The molecule has 0 rings (SSSR count). The highest BCUT2D eigenvalue weighted by atomic mass is 16.6. The SMILES string of the molecule is CCCCC(C)C(OC(=O)CC(CC(=O)O)C(=O)O)C(CC(C)CCCCCCC(O)CC(O)C(C)N)OC(=O)CC(CC(=O)O)C(=O)O. The summed E-state index contributed by atoms with van der Waals surface area (Å²) in [5.41, 5.74) is 5.64. The van der Waals surface area contributed by atoms with Gasteiger partial charge in [0.2, 0.25) is 0 Å². The van der Waals surface area contributed by atoms with E-state index in [4.69, 9.17) is 25.4 Å². The van der Waals surface area contributed by atoms with E-state index >= 15 is 0 Å². The van der Waals surface area contributed by atoms with Crippen LogP contribution in [0.25, 0.3) is 0 Å². The summed E-state index contributed by atoms with van der Waals surface area (Å²) >= 11 is 0. The van der Waals surface area contributed by atoms with Crippen molar-refractivity contribution in [2.24, 2.45) is 29.4 Å². The van der Waals surface area contributed by atoms with E-state index in [1.54, 1.807) is 13.8 Å². The van der Waals surface area contributed by atoms with E-state index in [2.05, 4.69) is 0 Å². The first-order chi connectivity index (χ1) is 22.9. The van der Waals surface area contributed by atoms with Gasteiger partial charge in [0, 0.05) is 12.5 Å². The van der Waals surface area contributed by atoms with Gasteiger partial charge in [-0.05, 0) is 38.0 Å².